The second kappa shape index (κ2) is 6.36. The van der Waals surface area contributed by atoms with Crippen LogP contribution in [0.3, 0.4) is 0 Å². The zero-order valence-electron chi connectivity index (χ0n) is 12.6. The number of rotatable bonds is 4. The molecule has 0 aliphatic heterocycles. The molecule has 1 unspecified atom stereocenters. The van der Waals surface area contributed by atoms with Gasteiger partial charge in [-0.2, -0.15) is 0 Å². The lowest BCUT2D eigenvalue weighted by atomic mass is 10.1. The largest absolute Gasteiger partial charge is 0.373 e. The predicted octanol–water partition coefficient (Wildman–Crippen LogP) is 1.16. The monoisotopic (exact) mass is 278 g/mol. The van der Waals surface area contributed by atoms with Crippen molar-refractivity contribution in [3.05, 3.63) is 23.9 Å². The maximum Gasteiger partial charge on any atom is 0.252 e. The number of aromatic nitrogens is 1. The highest BCUT2D eigenvalue weighted by atomic mass is 16.2. The van der Waals surface area contributed by atoms with Crippen molar-refractivity contribution >= 4 is 17.6 Å². The second-order valence-corrected chi connectivity index (χ2v) is 5.61. The Balaban J connectivity index is 2.67. The minimum Gasteiger partial charge on any atom is -0.373 e. The standard InChI is InChI=1S/C14H22N4O2/c1-9(12(19)18-14(2,3)4)17-13(20)10-6-7-16-11(8-10)15-5/h6-9H,1-5H3,(H,15,16)(H,17,20)(H,18,19). The van der Waals surface area contributed by atoms with Gasteiger partial charge in [0.1, 0.15) is 11.9 Å². The van der Waals surface area contributed by atoms with E-state index in [1.54, 1.807) is 32.3 Å². The third-order valence-corrected chi connectivity index (χ3v) is 2.52. The van der Waals surface area contributed by atoms with Gasteiger partial charge in [0, 0.05) is 24.3 Å². The summed E-state index contributed by atoms with van der Waals surface area (Å²) in [5, 5.41) is 8.34. The molecular formula is C14H22N4O2. The fourth-order valence-electron chi connectivity index (χ4n) is 1.53. The lowest BCUT2D eigenvalue weighted by Crippen LogP contribution is -2.50. The SMILES string of the molecule is CNc1cc(C(=O)NC(C)C(=O)NC(C)(C)C)ccn1. The summed E-state index contributed by atoms with van der Waals surface area (Å²) < 4.78 is 0. The second-order valence-electron chi connectivity index (χ2n) is 5.61. The summed E-state index contributed by atoms with van der Waals surface area (Å²) in [5.41, 5.74) is 0.131. The van der Waals surface area contributed by atoms with Crippen molar-refractivity contribution in [2.75, 3.05) is 12.4 Å². The highest BCUT2D eigenvalue weighted by molar-refractivity contribution is 5.97. The molecule has 0 aliphatic carbocycles. The van der Waals surface area contributed by atoms with Crippen LogP contribution in [0.5, 0.6) is 0 Å². The topological polar surface area (TPSA) is 83.1 Å². The van der Waals surface area contributed by atoms with Crippen LogP contribution in [0.15, 0.2) is 18.3 Å². The molecule has 3 N–H and O–H groups in total. The van der Waals surface area contributed by atoms with Crippen LogP contribution in [0.25, 0.3) is 0 Å². The molecule has 1 rings (SSSR count). The Bertz CT molecular complexity index is 494. The van der Waals surface area contributed by atoms with Gasteiger partial charge in [-0.3, -0.25) is 9.59 Å². The Kier molecular flexibility index (Phi) is 5.07. The molecule has 0 radical (unpaired) electrons. The first-order valence-corrected chi connectivity index (χ1v) is 6.49. The van der Waals surface area contributed by atoms with Gasteiger partial charge >= 0.3 is 0 Å². The van der Waals surface area contributed by atoms with Gasteiger partial charge < -0.3 is 16.0 Å². The molecular weight excluding hydrogens is 256 g/mol. The summed E-state index contributed by atoms with van der Waals surface area (Å²) in [6.07, 6.45) is 1.54. The van der Waals surface area contributed by atoms with Gasteiger partial charge in [0.2, 0.25) is 5.91 Å². The summed E-state index contributed by atoms with van der Waals surface area (Å²) in [5.74, 6) is 0.0821. The van der Waals surface area contributed by atoms with E-state index in [0.717, 1.165) is 0 Å². The molecule has 1 aromatic rings. The molecule has 6 nitrogen and oxygen atoms in total. The molecule has 0 bridgehead atoms. The fraction of sp³-hybridized carbons (Fsp3) is 0.500. The Morgan fingerprint density at radius 3 is 2.50 bits per heavy atom. The number of amides is 2. The number of carbonyl (C=O) groups is 2. The molecule has 110 valence electrons. The molecule has 1 heterocycles. The van der Waals surface area contributed by atoms with E-state index in [0.29, 0.717) is 11.4 Å². The van der Waals surface area contributed by atoms with Gasteiger partial charge in [-0.25, -0.2) is 4.98 Å². The Hall–Kier alpha value is -2.11. The average molecular weight is 278 g/mol. The first-order chi connectivity index (χ1) is 9.23. The molecule has 0 saturated heterocycles. The minimum atomic E-state index is -0.604. The lowest BCUT2D eigenvalue weighted by Gasteiger charge is -2.23. The van der Waals surface area contributed by atoms with Gasteiger partial charge in [-0.15, -0.1) is 0 Å². The van der Waals surface area contributed by atoms with Crippen LogP contribution >= 0.6 is 0 Å². The highest BCUT2D eigenvalue weighted by Gasteiger charge is 2.21. The number of hydrogen-bond acceptors (Lipinski definition) is 4. The summed E-state index contributed by atoms with van der Waals surface area (Å²) in [7, 11) is 1.73. The van der Waals surface area contributed by atoms with E-state index in [1.165, 1.54) is 0 Å². The number of pyridine rings is 1. The fourth-order valence-corrected chi connectivity index (χ4v) is 1.53. The Morgan fingerprint density at radius 1 is 1.30 bits per heavy atom. The third kappa shape index (κ3) is 4.87. The smallest absolute Gasteiger partial charge is 0.252 e. The molecule has 6 heteroatoms. The number of nitrogens with zero attached hydrogens (tertiary/aromatic N) is 1. The van der Waals surface area contributed by atoms with E-state index in [1.807, 2.05) is 20.8 Å². The van der Waals surface area contributed by atoms with E-state index < -0.39 is 6.04 Å². The van der Waals surface area contributed by atoms with Crippen molar-refractivity contribution in [2.24, 2.45) is 0 Å². The summed E-state index contributed by atoms with van der Waals surface area (Å²) in [6, 6.07) is 2.63. The van der Waals surface area contributed by atoms with Crippen molar-refractivity contribution < 1.29 is 9.59 Å². The molecule has 20 heavy (non-hydrogen) atoms. The molecule has 0 saturated carbocycles. The van der Waals surface area contributed by atoms with Crippen LogP contribution in [0.4, 0.5) is 5.82 Å². The highest BCUT2D eigenvalue weighted by Crippen LogP contribution is 2.06. The van der Waals surface area contributed by atoms with Crippen molar-refractivity contribution in [1.29, 1.82) is 0 Å². The van der Waals surface area contributed by atoms with Crippen LogP contribution in [0.2, 0.25) is 0 Å². The normalized spacial score (nSPS) is 12.4. The maximum atomic E-state index is 12.0. The zero-order valence-corrected chi connectivity index (χ0v) is 12.6. The van der Waals surface area contributed by atoms with Gasteiger partial charge in [-0.1, -0.05) is 0 Å². The van der Waals surface area contributed by atoms with Crippen LogP contribution in [0.1, 0.15) is 38.1 Å². The maximum absolute atomic E-state index is 12.0. The van der Waals surface area contributed by atoms with E-state index in [4.69, 9.17) is 0 Å². The third-order valence-electron chi connectivity index (χ3n) is 2.52. The predicted molar refractivity (Wildman–Crippen MR) is 78.6 cm³/mol. The van der Waals surface area contributed by atoms with E-state index in [-0.39, 0.29) is 17.4 Å². The molecule has 1 aromatic heterocycles. The van der Waals surface area contributed by atoms with Crippen molar-refractivity contribution in [2.45, 2.75) is 39.3 Å². The Morgan fingerprint density at radius 2 is 1.95 bits per heavy atom. The quantitative estimate of drug-likeness (QED) is 0.771. The Labute approximate surface area is 119 Å². The number of anilines is 1. The van der Waals surface area contributed by atoms with E-state index in [9.17, 15) is 9.59 Å². The van der Waals surface area contributed by atoms with E-state index >= 15 is 0 Å². The van der Waals surface area contributed by atoms with Crippen LogP contribution in [-0.2, 0) is 4.79 Å². The van der Waals surface area contributed by atoms with Gasteiger partial charge in [-0.05, 0) is 39.8 Å². The van der Waals surface area contributed by atoms with Crippen molar-refractivity contribution in [3.63, 3.8) is 0 Å². The van der Waals surface area contributed by atoms with Crippen molar-refractivity contribution in [1.82, 2.24) is 15.6 Å². The molecule has 0 fully saturated rings. The van der Waals surface area contributed by atoms with Crippen molar-refractivity contribution in [3.8, 4) is 0 Å². The van der Waals surface area contributed by atoms with Gasteiger partial charge in [0.05, 0.1) is 0 Å². The van der Waals surface area contributed by atoms with Gasteiger partial charge in [0.15, 0.2) is 0 Å². The van der Waals surface area contributed by atoms with E-state index in [2.05, 4.69) is 20.9 Å². The first-order valence-electron chi connectivity index (χ1n) is 6.49. The summed E-state index contributed by atoms with van der Waals surface area (Å²) >= 11 is 0. The van der Waals surface area contributed by atoms with Crippen LogP contribution in [0, 0.1) is 0 Å². The molecule has 1 atom stereocenters. The number of carbonyl (C=O) groups excluding carboxylic acids is 2. The zero-order chi connectivity index (χ0) is 15.3. The number of hydrogen-bond donors (Lipinski definition) is 3. The summed E-state index contributed by atoms with van der Waals surface area (Å²) in [4.78, 5) is 28.0. The van der Waals surface area contributed by atoms with Gasteiger partial charge in [0.25, 0.3) is 5.91 Å². The van der Waals surface area contributed by atoms with Crippen LogP contribution < -0.4 is 16.0 Å². The molecule has 0 aliphatic rings. The molecule has 0 spiro atoms. The van der Waals surface area contributed by atoms with Crippen LogP contribution in [-0.4, -0.2) is 35.4 Å². The molecule has 0 aromatic carbocycles. The first kappa shape index (κ1) is 15.9. The summed E-state index contributed by atoms with van der Waals surface area (Å²) in [6.45, 7) is 7.32. The lowest BCUT2D eigenvalue weighted by molar-refractivity contribution is -0.124. The average Bonchev–Trinajstić information content (AvgIpc) is 2.36. The minimum absolute atomic E-state index is 0.214. The number of nitrogens with one attached hydrogen (secondary N) is 3. The molecule has 2 amide bonds.